The Hall–Kier alpha value is -0.630. The van der Waals surface area contributed by atoms with Crippen LogP contribution in [-0.4, -0.2) is 49.2 Å². The Bertz CT molecular complexity index is 573. The largest absolute Gasteiger partial charge is 0.380 e. The van der Waals surface area contributed by atoms with E-state index in [0.29, 0.717) is 30.3 Å². The molecule has 2 unspecified atom stereocenters. The summed E-state index contributed by atoms with van der Waals surface area (Å²) in [5, 5.41) is 6.66. The van der Waals surface area contributed by atoms with Crippen molar-refractivity contribution in [1.82, 2.24) is 14.5 Å². The van der Waals surface area contributed by atoms with Crippen LogP contribution in [0.3, 0.4) is 0 Å². The van der Waals surface area contributed by atoms with Gasteiger partial charge in [-0.05, 0) is 19.3 Å². The van der Waals surface area contributed by atoms with Gasteiger partial charge in [0.1, 0.15) is 0 Å². The fourth-order valence-corrected chi connectivity index (χ4v) is 4.49. The van der Waals surface area contributed by atoms with Crippen LogP contribution in [0.2, 0.25) is 0 Å². The first-order valence-electron chi connectivity index (χ1n) is 6.54. The van der Waals surface area contributed by atoms with Crippen molar-refractivity contribution in [3.05, 3.63) is 11.3 Å². The number of aromatic amines is 1. The molecule has 1 aromatic rings. The van der Waals surface area contributed by atoms with Gasteiger partial charge in [-0.25, -0.2) is 8.42 Å². The van der Waals surface area contributed by atoms with E-state index in [4.69, 9.17) is 16.3 Å². The average Bonchev–Trinajstić information content (AvgIpc) is 2.80. The van der Waals surface area contributed by atoms with Crippen molar-refractivity contribution in [2.75, 3.05) is 20.2 Å². The van der Waals surface area contributed by atoms with Crippen molar-refractivity contribution >= 4 is 21.6 Å². The molecule has 2 atom stereocenters. The number of aromatic nitrogens is 2. The minimum Gasteiger partial charge on any atom is -0.380 e. The van der Waals surface area contributed by atoms with Gasteiger partial charge < -0.3 is 4.74 Å². The second-order valence-electron chi connectivity index (χ2n) is 5.17. The summed E-state index contributed by atoms with van der Waals surface area (Å²) in [6, 6.07) is 0. The van der Waals surface area contributed by atoms with Gasteiger partial charge >= 0.3 is 0 Å². The SMILES string of the molecule is COC1CN(S(=O)(=O)c2n[nH]c(C)c2CCl)CCC1C. The van der Waals surface area contributed by atoms with Gasteiger partial charge in [-0.2, -0.15) is 9.40 Å². The number of sulfonamides is 1. The van der Waals surface area contributed by atoms with E-state index in [9.17, 15) is 8.42 Å². The van der Waals surface area contributed by atoms with Crippen molar-refractivity contribution < 1.29 is 13.2 Å². The minimum atomic E-state index is -3.62. The third-order valence-electron chi connectivity index (χ3n) is 3.91. The lowest BCUT2D eigenvalue weighted by molar-refractivity contribution is 0.0183. The Kier molecular flexibility index (Phi) is 4.73. The molecule has 2 heterocycles. The Labute approximate surface area is 124 Å². The summed E-state index contributed by atoms with van der Waals surface area (Å²) in [6.07, 6.45) is 0.690. The van der Waals surface area contributed by atoms with Gasteiger partial charge in [0.15, 0.2) is 5.03 Å². The van der Waals surface area contributed by atoms with E-state index in [2.05, 4.69) is 17.1 Å². The Morgan fingerprint density at radius 1 is 1.55 bits per heavy atom. The number of aryl methyl sites for hydroxylation is 1. The van der Waals surface area contributed by atoms with E-state index in [0.717, 1.165) is 6.42 Å². The number of hydrogen-bond acceptors (Lipinski definition) is 4. The predicted molar refractivity (Wildman–Crippen MR) is 76.2 cm³/mol. The fourth-order valence-electron chi connectivity index (χ4n) is 2.45. The number of ether oxygens (including phenoxy) is 1. The number of alkyl halides is 1. The monoisotopic (exact) mass is 321 g/mol. The summed E-state index contributed by atoms with van der Waals surface area (Å²) >= 11 is 5.84. The highest BCUT2D eigenvalue weighted by atomic mass is 35.5. The van der Waals surface area contributed by atoms with Crippen LogP contribution in [0.15, 0.2) is 5.03 Å². The average molecular weight is 322 g/mol. The maximum atomic E-state index is 12.7. The number of H-pyrrole nitrogens is 1. The van der Waals surface area contributed by atoms with Crippen LogP contribution in [0.5, 0.6) is 0 Å². The zero-order valence-corrected chi connectivity index (χ0v) is 13.5. The van der Waals surface area contributed by atoms with Crippen molar-refractivity contribution in [2.45, 2.75) is 37.3 Å². The molecular weight excluding hydrogens is 302 g/mol. The van der Waals surface area contributed by atoms with Crippen molar-refractivity contribution in [2.24, 2.45) is 5.92 Å². The van der Waals surface area contributed by atoms with Crippen molar-refractivity contribution in [3.63, 3.8) is 0 Å². The maximum Gasteiger partial charge on any atom is 0.262 e. The standard InChI is InChI=1S/C12H20ClN3O3S/c1-8-4-5-16(7-11(8)19-3)20(17,18)12-10(6-13)9(2)14-15-12/h8,11H,4-7H2,1-3H3,(H,14,15). The van der Waals surface area contributed by atoms with Gasteiger partial charge in [-0.15, -0.1) is 11.6 Å². The van der Waals surface area contributed by atoms with Gasteiger partial charge in [0.25, 0.3) is 10.0 Å². The van der Waals surface area contributed by atoms with Crippen LogP contribution in [0.1, 0.15) is 24.6 Å². The lowest BCUT2D eigenvalue weighted by Gasteiger charge is -2.35. The molecule has 0 amide bonds. The molecule has 1 N–H and O–H groups in total. The lowest BCUT2D eigenvalue weighted by Crippen LogP contribution is -2.46. The van der Waals surface area contributed by atoms with E-state index in [-0.39, 0.29) is 17.0 Å². The third-order valence-corrected chi connectivity index (χ3v) is 6.01. The van der Waals surface area contributed by atoms with Gasteiger partial charge in [0, 0.05) is 31.5 Å². The first-order chi connectivity index (χ1) is 9.41. The second kappa shape index (κ2) is 6.01. The summed E-state index contributed by atoms with van der Waals surface area (Å²) in [5.74, 6) is 0.467. The molecule has 0 aromatic carbocycles. The lowest BCUT2D eigenvalue weighted by atomic mass is 9.97. The van der Waals surface area contributed by atoms with E-state index in [1.165, 1.54) is 4.31 Å². The second-order valence-corrected chi connectivity index (χ2v) is 7.29. The molecule has 6 nitrogen and oxygen atoms in total. The molecule has 1 fully saturated rings. The summed E-state index contributed by atoms with van der Waals surface area (Å²) in [5.41, 5.74) is 1.23. The zero-order chi connectivity index (χ0) is 14.9. The van der Waals surface area contributed by atoms with E-state index < -0.39 is 10.0 Å². The minimum absolute atomic E-state index is 0.0365. The number of hydrogen-bond donors (Lipinski definition) is 1. The Morgan fingerprint density at radius 2 is 2.25 bits per heavy atom. The van der Waals surface area contributed by atoms with Crippen LogP contribution < -0.4 is 0 Å². The van der Waals surface area contributed by atoms with Crippen LogP contribution in [0.25, 0.3) is 0 Å². The quantitative estimate of drug-likeness (QED) is 0.853. The smallest absolute Gasteiger partial charge is 0.262 e. The molecule has 1 saturated heterocycles. The zero-order valence-electron chi connectivity index (χ0n) is 11.9. The molecule has 1 aliphatic heterocycles. The molecular formula is C12H20ClN3O3S. The summed E-state index contributed by atoms with van der Waals surface area (Å²) in [4.78, 5) is 0. The number of nitrogens with one attached hydrogen (secondary N) is 1. The Morgan fingerprint density at radius 3 is 2.85 bits per heavy atom. The van der Waals surface area contributed by atoms with E-state index in [1.54, 1.807) is 14.0 Å². The normalized spacial score (nSPS) is 25.0. The van der Waals surface area contributed by atoms with Crippen molar-refractivity contribution in [1.29, 1.82) is 0 Å². The molecule has 8 heteroatoms. The molecule has 1 aliphatic rings. The molecule has 1 aromatic heterocycles. The molecule has 0 radical (unpaired) electrons. The summed E-state index contributed by atoms with van der Waals surface area (Å²) in [7, 11) is -2.01. The topological polar surface area (TPSA) is 75.3 Å². The highest BCUT2D eigenvalue weighted by Gasteiger charge is 2.36. The molecule has 20 heavy (non-hydrogen) atoms. The fraction of sp³-hybridized carbons (Fsp3) is 0.750. The number of rotatable bonds is 4. The highest BCUT2D eigenvalue weighted by Crippen LogP contribution is 2.27. The number of halogens is 1. The van der Waals surface area contributed by atoms with Crippen LogP contribution in [0.4, 0.5) is 0 Å². The van der Waals surface area contributed by atoms with E-state index in [1.807, 2.05) is 0 Å². The van der Waals surface area contributed by atoms with Crippen LogP contribution >= 0.6 is 11.6 Å². The predicted octanol–water partition coefficient (Wildman–Crippen LogP) is 1.50. The maximum absolute atomic E-state index is 12.7. The molecule has 0 spiro atoms. The first kappa shape index (κ1) is 15.8. The number of nitrogens with zero attached hydrogens (tertiary/aromatic N) is 2. The van der Waals surface area contributed by atoms with Crippen LogP contribution in [-0.2, 0) is 20.6 Å². The van der Waals surface area contributed by atoms with Crippen molar-refractivity contribution in [3.8, 4) is 0 Å². The Balaban J connectivity index is 2.31. The number of piperidine rings is 1. The highest BCUT2D eigenvalue weighted by molar-refractivity contribution is 7.89. The number of methoxy groups -OCH3 is 1. The first-order valence-corrected chi connectivity index (χ1v) is 8.52. The van der Waals surface area contributed by atoms with Gasteiger partial charge in [-0.1, -0.05) is 6.92 Å². The molecule has 0 saturated carbocycles. The van der Waals surface area contributed by atoms with Gasteiger partial charge in [-0.3, -0.25) is 5.10 Å². The third kappa shape index (κ3) is 2.72. The molecule has 0 aliphatic carbocycles. The van der Waals surface area contributed by atoms with E-state index >= 15 is 0 Å². The molecule has 114 valence electrons. The summed E-state index contributed by atoms with van der Waals surface area (Å²) in [6.45, 7) is 4.67. The van der Waals surface area contributed by atoms with Gasteiger partial charge in [0.2, 0.25) is 0 Å². The van der Waals surface area contributed by atoms with Gasteiger partial charge in [0.05, 0.1) is 12.0 Å². The molecule has 0 bridgehead atoms. The summed E-state index contributed by atoms with van der Waals surface area (Å²) < 4.78 is 32.2. The molecule has 2 rings (SSSR count). The van der Waals surface area contributed by atoms with Crippen LogP contribution in [0, 0.1) is 12.8 Å².